The van der Waals surface area contributed by atoms with Gasteiger partial charge < -0.3 is 9.47 Å². The topological polar surface area (TPSA) is 53.4 Å². The van der Waals surface area contributed by atoms with Gasteiger partial charge >= 0.3 is 0 Å². The second kappa shape index (κ2) is 4.75. The van der Waals surface area contributed by atoms with E-state index in [9.17, 15) is 4.79 Å². The number of halogens is 1. The van der Waals surface area contributed by atoms with Gasteiger partial charge in [-0.25, -0.2) is 4.98 Å². The van der Waals surface area contributed by atoms with Crippen LogP contribution in [0.15, 0.2) is 34.7 Å². The molecular weight excluding hydrogens is 312 g/mol. The van der Waals surface area contributed by atoms with Crippen molar-refractivity contribution in [3.05, 3.63) is 50.8 Å². The monoisotopic (exact) mass is 320 g/mol. The molecule has 0 N–H and O–H groups in total. The van der Waals surface area contributed by atoms with Crippen molar-refractivity contribution in [2.45, 2.75) is 6.54 Å². The van der Waals surface area contributed by atoms with E-state index in [-0.39, 0.29) is 12.4 Å². The smallest absolute Gasteiger partial charge is 0.262 e. The molecule has 0 aliphatic carbocycles. The highest BCUT2D eigenvalue weighted by atomic mass is 35.5. The molecule has 0 unspecified atom stereocenters. The Kier molecular flexibility index (Phi) is 2.87. The number of nitrogens with zero attached hydrogens (tertiary/aromatic N) is 2. The lowest BCUT2D eigenvalue weighted by Crippen LogP contribution is -2.20. The van der Waals surface area contributed by atoms with Crippen molar-refractivity contribution >= 4 is 33.2 Å². The molecule has 1 aliphatic rings. The van der Waals surface area contributed by atoms with E-state index in [0.29, 0.717) is 28.5 Å². The maximum Gasteiger partial charge on any atom is 0.262 e. The molecule has 106 valence electrons. The van der Waals surface area contributed by atoms with Crippen molar-refractivity contribution in [3.8, 4) is 11.5 Å². The molecule has 0 atom stereocenters. The summed E-state index contributed by atoms with van der Waals surface area (Å²) in [4.78, 5) is 17.4. The summed E-state index contributed by atoms with van der Waals surface area (Å²) in [7, 11) is 0. The van der Waals surface area contributed by atoms with Crippen LogP contribution < -0.4 is 15.0 Å². The predicted octanol–water partition coefficient (Wildman–Crippen LogP) is 2.89. The van der Waals surface area contributed by atoms with E-state index >= 15 is 0 Å². The number of rotatable bonds is 2. The summed E-state index contributed by atoms with van der Waals surface area (Å²) < 4.78 is 12.2. The summed E-state index contributed by atoms with van der Waals surface area (Å²) in [6.45, 7) is 0.550. The molecule has 0 saturated heterocycles. The standard InChI is InChI=1S/C14H9ClN2O3S/c15-10-3-8(4-11-12(10)20-7-19-11)5-17-6-16-13-9(14(17)18)1-2-21-13/h1-4,6H,5,7H2. The van der Waals surface area contributed by atoms with E-state index in [1.165, 1.54) is 11.3 Å². The molecule has 0 radical (unpaired) electrons. The van der Waals surface area contributed by atoms with Crippen LogP contribution in [0.25, 0.3) is 10.2 Å². The molecule has 7 heteroatoms. The van der Waals surface area contributed by atoms with E-state index in [1.54, 1.807) is 23.0 Å². The molecule has 4 rings (SSSR count). The van der Waals surface area contributed by atoms with Crippen LogP contribution in [-0.2, 0) is 6.54 Å². The van der Waals surface area contributed by atoms with Crippen LogP contribution in [0.4, 0.5) is 0 Å². The van der Waals surface area contributed by atoms with Gasteiger partial charge in [0.1, 0.15) is 4.83 Å². The molecule has 0 bridgehead atoms. The Morgan fingerprint density at radius 3 is 3.19 bits per heavy atom. The van der Waals surface area contributed by atoms with Gasteiger partial charge in [0.05, 0.1) is 23.3 Å². The van der Waals surface area contributed by atoms with Gasteiger partial charge in [0.25, 0.3) is 5.56 Å². The van der Waals surface area contributed by atoms with E-state index in [0.717, 1.165) is 10.4 Å². The summed E-state index contributed by atoms with van der Waals surface area (Å²) >= 11 is 7.61. The van der Waals surface area contributed by atoms with E-state index in [1.807, 2.05) is 11.4 Å². The Hall–Kier alpha value is -2.05. The molecule has 0 fully saturated rings. The quantitative estimate of drug-likeness (QED) is 0.728. The third-order valence-electron chi connectivity index (χ3n) is 3.29. The predicted molar refractivity (Wildman–Crippen MR) is 80.6 cm³/mol. The van der Waals surface area contributed by atoms with Gasteiger partial charge in [-0.05, 0) is 29.1 Å². The summed E-state index contributed by atoms with van der Waals surface area (Å²) in [5.41, 5.74) is 0.803. The highest BCUT2D eigenvalue weighted by Crippen LogP contribution is 2.39. The number of benzene rings is 1. The summed E-state index contributed by atoms with van der Waals surface area (Å²) in [5, 5.41) is 2.98. The van der Waals surface area contributed by atoms with Gasteiger partial charge in [-0.15, -0.1) is 11.3 Å². The maximum atomic E-state index is 12.4. The van der Waals surface area contributed by atoms with Crippen LogP contribution in [0.2, 0.25) is 5.02 Å². The number of thiophene rings is 1. The van der Waals surface area contributed by atoms with E-state index < -0.39 is 0 Å². The van der Waals surface area contributed by atoms with Crippen molar-refractivity contribution in [1.29, 1.82) is 0 Å². The SMILES string of the molecule is O=c1c2ccsc2ncn1Cc1cc(Cl)c2c(c1)OCO2. The van der Waals surface area contributed by atoms with Crippen LogP contribution >= 0.6 is 22.9 Å². The fourth-order valence-corrected chi connectivity index (χ4v) is 3.33. The van der Waals surface area contributed by atoms with Crippen LogP contribution in [0.1, 0.15) is 5.56 Å². The van der Waals surface area contributed by atoms with Crippen LogP contribution in [0.5, 0.6) is 11.5 Å². The zero-order chi connectivity index (χ0) is 14.4. The highest BCUT2D eigenvalue weighted by Gasteiger charge is 2.18. The first-order valence-corrected chi connectivity index (χ1v) is 7.49. The zero-order valence-electron chi connectivity index (χ0n) is 10.7. The molecule has 3 heterocycles. The fraction of sp³-hybridized carbons (Fsp3) is 0.143. The number of fused-ring (bicyclic) bond motifs is 2. The third-order valence-corrected chi connectivity index (χ3v) is 4.39. The first-order chi connectivity index (χ1) is 10.2. The average Bonchev–Trinajstić information content (AvgIpc) is 3.10. The molecule has 0 spiro atoms. The van der Waals surface area contributed by atoms with Gasteiger partial charge in [0.15, 0.2) is 11.5 Å². The molecule has 1 aromatic carbocycles. The number of aromatic nitrogens is 2. The van der Waals surface area contributed by atoms with Crippen molar-refractivity contribution in [2.24, 2.45) is 0 Å². The first-order valence-electron chi connectivity index (χ1n) is 6.23. The summed E-state index contributed by atoms with van der Waals surface area (Å²) in [5.74, 6) is 1.16. The number of hydrogen-bond acceptors (Lipinski definition) is 5. The van der Waals surface area contributed by atoms with E-state index in [4.69, 9.17) is 21.1 Å². The average molecular weight is 321 g/mol. The van der Waals surface area contributed by atoms with Crippen molar-refractivity contribution in [2.75, 3.05) is 6.79 Å². The van der Waals surface area contributed by atoms with Crippen molar-refractivity contribution < 1.29 is 9.47 Å². The van der Waals surface area contributed by atoms with Crippen LogP contribution in [-0.4, -0.2) is 16.3 Å². The molecule has 5 nitrogen and oxygen atoms in total. The molecular formula is C14H9ClN2O3S. The molecule has 1 aliphatic heterocycles. The first kappa shape index (κ1) is 12.7. The Morgan fingerprint density at radius 1 is 1.38 bits per heavy atom. The molecule has 21 heavy (non-hydrogen) atoms. The molecule has 0 amide bonds. The fourth-order valence-electron chi connectivity index (χ4n) is 2.31. The minimum Gasteiger partial charge on any atom is -0.454 e. The molecule has 2 aromatic heterocycles. The Balaban J connectivity index is 1.76. The number of hydrogen-bond donors (Lipinski definition) is 0. The second-order valence-corrected chi connectivity index (χ2v) is 5.93. The molecule has 0 saturated carbocycles. The van der Waals surface area contributed by atoms with Gasteiger partial charge in [-0.2, -0.15) is 0 Å². The lowest BCUT2D eigenvalue weighted by atomic mass is 10.2. The summed E-state index contributed by atoms with van der Waals surface area (Å²) in [6.07, 6.45) is 1.56. The lowest BCUT2D eigenvalue weighted by Gasteiger charge is -2.07. The minimum atomic E-state index is -0.0601. The minimum absolute atomic E-state index is 0.0601. The molecule has 3 aromatic rings. The van der Waals surface area contributed by atoms with Gasteiger partial charge in [0, 0.05) is 0 Å². The highest BCUT2D eigenvalue weighted by molar-refractivity contribution is 7.16. The number of ether oxygens (including phenoxy) is 2. The second-order valence-electron chi connectivity index (χ2n) is 4.63. The largest absolute Gasteiger partial charge is 0.454 e. The summed E-state index contributed by atoms with van der Waals surface area (Å²) in [6, 6.07) is 5.40. The van der Waals surface area contributed by atoms with Crippen molar-refractivity contribution in [3.63, 3.8) is 0 Å². The van der Waals surface area contributed by atoms with E-state index in [2.05, 4.69) is 4.98 Å². The Labute approximate surface area is 128 Å². The lowest BCUT2D eigenvalue weighted by molar-refractivity contribution is 0.174. The zero-order valence-corrected chi connectivity index (χ0v) is 12.3. The Bertz CT molecular complexity index is 903. The van der Waals surface area contributed by atoms with Gasteiger partial charge in [0.2, 0.25) is 6.79 Å². The normalized spacial score (nSPS) is 13.0. The van der Waals surface area contributed by atoms with Gasteiger partial charge in [-0.3, -0.25) is 9.36 Å². The van der Waals surface area contributed by atoms with Gasteiger partial charge in [-0.1, -0.05) is 11.6 Å². The van der Waals surface area contributed by atoms with Crippen LogP contribution in [0.3, 0.4) is 0 Å². The Morgan fingerprint density at radius 2 is 2.29 bits per heavy atom. The third kappa shape index (κ3) is 2.07. The van der Waals surface area contributed by atoms with Crippen LogP contribution in [0, 0.1) is 0 Å². The van der Waals surface area contributed by atoms with Crippen molar-refractivity contribution in [1.82, 2.24) is 9.55 Å². The maximum absolute atomic E-state index is 12.4.